The van der Waals surface area contributed by atoms with E-state index in [9.17, 15) is 22.8 Å². The summed E-state index contributed by atoms with van der Waals surface area (Å²) in [5.74, 6) is -0.818. The number of nitrogens with one attached hydrogen (secondary N) is 1. The Kier molecular flexibility index (Phi) is 6.97. The molecular formula is C23H24F3N3O2S. The largest absolute Gasteiger partial charge is 0.418 e. The summed E-state index contributed by atoms with van der Waals surface area (Å²) in [4.78, 5) is 30.7. The fraction of sp³-hybridized carbons (Fsp3) is 0.348. The Balaban J connectivity index is 2.00. The second-order valence-electron chi connectivity index (χ2n) is 8.00. The number of carbonyl (C=O) groups excluding carboxylic acids is 1. The molecule has 0 spiro atoms. The summed E-state index contributed by atoms with van der Waals surface area (Å²) in [6, 6.07) is 11.6. The summed E-state index contributed by atoms with van der Waals surface area (Å²) in [5.41, 5.74) is -0.937. The van der Waals surface area contributed by atoms with Crippen LogP contribution in [0.25, 0.3) is 10.9 Å². The zero-order valence-corrected chi connectivity index (χ0v) is 18.9. The average molecular weight is 464 g/mol. The Morgan fingerprint density at radius 1 is 1.03 bits per heavy atom. The van der Waals surface area contributed by atoms with Crippen molar-refractivity contribution in [3.05, 3.63) is 64.4 Å². The molecule has 3 aromatic rings. The standard InChI is InChI=1S/C23H24F3N3O2S/c1-13(2)19(20(30)27-18-12-8-6-10-16(18)23(24,25)26)32-22-28-17-11-7-5-9-15(17)21(31)29(22)14(3)4/h5-14,19H,1-4H3,(H,27,30). The van der Waals surface area contributed by atoms with Crippen LogP contribution in [-0.4, -0.2) is 20.7 Å². The minimum absolute atomic E-state index is 0.219. The molecule has 32 heavy (non-hydrogen) atoms. The number of benzene rings is 2. The summed E-state index contributed by atoms with van der Waals surface area (Å²) in [6.07, 6.45) is -4.59. The monoisotopic (exact) mass is 463 g/mol. The number of anilines is 1. The maximum Gasteiger partial charge on any atom is 0.418 e. The lowest BCUT2D eigenvalue weighted by atomic mass is 10.1. The van der Waals surface area contributed by atoms with Gasteiger partial charge >= 0.3 is 6.18 Å². The van der Waals surface area contributed by atoms with E-state index in [0.29, 0.717) is 16.1 Å². The summed E-state index contributed by atoms with van der Waals surface area (Å²) in [6.45, 7) is 7.27. The fourth-order valence-corrected chi connectivity index (χ4v) is 4.54. The van der Waals surface area contributed by atoms with Gasteiger partial charge in [-0.15, -0.1) is 0 Å². The molecule has 0 bridgehead atoms. The molecule has 0 aliphatic rings. The molecule has 5 nitrogen and oxygen atoms in total. The molecule has 0 aliphatic carbocycles. The second-order valence-corrected chi connectivity index (χ2v) is 9.10. The topological polar surface area (TPSA) is 64.0 Å². The Bertz CT molecular complexity index is 1190. The van der Waals surface area contributed by atoms with Crippen LogP contribution in [0.1, 0.15) is 39.3 Å². The number of thioether (sulfide) groups is 1. The van der Waals surface area contributed by atoms with Crippen molar-refractivity contribution < 1.29 is 18.0 Å². The Morgan fingerprint density at radius 3 is 2.28 bits per heavy atom. The van der Waals surface area contributed by atoms with Crippen LogP contribution < -0.4 is 10.9 Å². The van der Waals surface area contributed by atoms with Gasteiger partial charge in [-0.1, -0.05) is 49.9 Å². The molecule has 1 N–H and O–H groups in total. The maximum atomic E-state index is 13.3. The van der Waals surface area contributed by atoms with Crippen LogP contribution in [0.3, 0.4) is 0 Å². The number of hydrogen-bond acceptors (Lipinski definition) is 4. The molecule has 2 aromatic carbocycles. The zero-order chi connectivity index (χ0) is 23.6. The minimum Gasteiger partial charge on any atom is -0.325 e. The van der Waals surface area contributed by atoms with Crippen LogP contribution in [0, 0.1) is 5.92 Å². The molecule has 0 saturated carbocycles. The molecule has 0 fully saturated rings. The Morgan fingerprint density at radius 2 is 1.66 bits per heavy atom. The number of aromatic nitrogens is 2. The van der Waals surface area contributed by atoms with Gasteiger partial charge in [0, 0.05) is 6.04 Å². The van der Waals surface area contributed by atoms with Gasteiger partial charge in [-0.05, 0) is 44.0 Å². The van der Waals surface area contributed by atoms with E-state index >= 15 is 0 Å². The molecule has 9 heteroatoms. The van der Waals surface area contributed by atoms with E-state index < -0.39 is 22.9 Å². The highest BCUT2D eigenvalue weighted by atomic mass is 32.2. The summed E-state index contributed by atoms with van der Waals surface area (Å²) in [5, 5.41) is 2.47. The molecule has 3 rings (SSSR count). The zero-order valence-electron chi connectivity index (χ0n) is 18.1. The van der Waals surface area contributed by atoms with Crippen molar-refractivity contribution in [1.82, 2.24) is 9.55 Å². The first-order valence-electron chi connectivity index (χ1n) is 10.2. The number of carbonyl (C=O) groups is 1. The quantitative estimate of drug-likeness (QED) is 0.373. The molecule has 0 radical (unpaired) electrons. The first-order valence-corrected chi connectivity index (χ1v) is 11.0. The van der Waals surface area contributed by atoms with Crippen LogP contribution in [0.4, 0.5) is 18.9 Å². The van der Waals surface area contributed by atoms with E-state index in [-0.39, 0.29) is 23.2 Å². The van der Waals surface area contributed by atoms with E-state index in [4.69, 9.17) is 0 Å². The Labute approximate surface area is 188 Å². The van der Waals surface area contributed by atoms with E-state index in [1.807, 2.05) is 13.8 Å². The van der Waals surface area contributed by atoms with Crippen molar-refractivity contribution in [3.63, 3.8) is 0 Å². The first kappa shape index (κ1) is 23.8. The molecular weight excluding hydrogens is 439 g/mol. The van der Waals surface area contributed by atoms with Gasteiger partial charge in [-0.3, -0.25) is 14.2 Å². The fourth-order valence-electron chi connectivity index (χ4n) is 3.31. The highest BCUT2D eigenvalue weighted by Crippen LogP contribution is 2.36. The van der Waals surface area contributed by atoms with Gasteiger partial charge in [0.05, 0.1) is 27.4 Å². The maximum absolute atomic E-state index is 13.3. The van der Waals surface area contributed by atoms with Crippen molar-refractivity contribution in [3.8, 4) is 0 Å². The van der Waals surface area contributed by atoms with Gasteiger partial charge in [-0.2, -0.15) is 13.2 Å². The SMILES string of the molecule is CC(C)C(Sc1nc2ccccc2c(=O)n1C(C)C)C(=O)Nc1ccccc1C(F)(F)F. The number of halogens is 3. The molecule has 0 saturated heterocycles. The van der Waals surface area contributed by atoms with Gasteiger partial charge in [0.1, 0.15) is 0 Å². The van der Waals surface area contributed by atoms with Crippen molar-refractivity contribution in [2.45, 2.75) is 50.3 Å². The lowest BCUT2D eigenvalue weighted by molar-refractivity contribution is -0.137. The van der Waals surface area contributed by atoms with Crippen LogP contribution in [-0.2, 0) is 11.0 Å². The predicted octanol–water partition coefficient (Wildman–Crippen LogP) is 5.75. The number of amides is 1. The first-order chi connectivity index (χ1) is 15.0. The molecule has 170 valence electrons. The van der Waals surface area contributed by atoms with E-state index in [2.05, 4.69) is 10.3 Å². The third kappa shape index (κ3) is 4.98. The number of fused-ring (bicyclic) bond motifs is 1. The number of para-hydroxylation sites is 2. The van der Waals surface area contributed by atoms with E-state index in [1.165, 1.54) is 22.8 Å². The third-order valence-electron chi connectivity index (χ3n) is 4.88. The summed E-state index contributed by atoms with van der Waals surface area (Å²) < 4.78 is 41.5. The van der Waals surface area contributed by atoms with Crippen LogP contribution in [0.2, 0.25) is 0 Å². The van der Waals surface area contributed by atoms with Crippen molar-refractivity contribution in [1.29, 1.82) is 0 Å². The van der Waals surface area contributed by atoms with Gasteiger partial charge in [-0.25, -0.2) is 4.98 Å². The molecule has 1 unspecified atom stereocenters. The molecule has 0 aliphatic heterocycles. The number of rotatable bonds is 6. The van der Waals surface area contributed by atoms with E-state index in [1.54, 1.807) is 38.1 Å². The predicted molar refractivity (Wildman–Crippen MR) is 121 cm³/mol. The van der Waals surface area contributed by atoms with Gasteiger partial charge in [0.15, 0.2) is 5.16 Å². The minimum atomic E-state index is -4.59. The van der Waals surface area contributed by atoms with Crippen LogP contribution in [0.15, 0.2) is 58.5 Å². The van der Waals surface area contributed by atoms with Crippen LogP contribution >= 0.6 is 11.8 Å². The third-order valence-corrected chi connectivity index (χ3v) is 6.39. The molecule has 1 aromatic heterocycles. The number of hydrogen-bond donors (Lipinski definition) is 1. The van der Waals surface area contributed by atoms with Gasteiger partial charge < -0.3 is 5.32 Å². The lowest BCUT2D eigenvalue weighted by Gasteiger charge is -2.23. The molecule has 1 amide bonds. The number of nitrogens with zero attached hydrogens (tertiary/aromatic N) is 2. The smallest absolute Gasteiger partial charge is 0.325 e. The normalized spacial score (nSPS) is 13.0. The summed E-state index contributed by atoms with van der Waals surface area (Å²) >= 11 is 1.08. The molecule has 1 atom stereocenters. The Hall–Kier alpha value is -2.81. The number of alkyl halides is 3. The molecule has 1 heterocycles. The van der Waals surface area contributed by atoms with Crippen molar-refractivity contribution in [2.75, 3.05) is 5.32 Å². The van der Waals surface area contributed by atoms with Gasteiger partial charge in [0.25, 0.3) is 5.56 Å². The lowest BCUT2D eigenvalue weighted by Crippen LogP contribution is -2.32. The summed E-state index contributed by atoms with van der Waals surface area (Å²) in [7, 11) is 0. The second kappa shape index (κ2) is 9.36. The van der Waals surface area contributed by atoms with Crippen molar-refractivity contribution >= 4 is 34.3 Å². The van der Waals surface area contributed by atoms with Gasteiger partial charge in [0.2, 0.25) is 5.91 Å². The van der Waals surface area contributed by atoms with E-state index in [0.717, 1.165) is 17.8 Å². The highest BCUT2D eigenvalue weighted by Gasteiger charge is 2.35. The highest BCUT2D eigenvalue weighted by molar-refractivity contribution is 8.00. The average Bonchev–Trinajstić information content (AvgIpc) is 2.71. The van der Waals surface area contributed by atoms with Crippen molar-refractivity contribution in [2.24, 2.45) is 5.92 Å². The van der Waals surface area contributed by atoms with Crippen LogP contribution in [0.5, 0.6) is 0 Å².